The Bertz CT molecular complexity index is 805. The summed E-state index contributed by atoms with van der Waals surface area (Å²) in [6.45, 7) is 0. The number of alkyl halides is 3. The predicted molar refractivity (Wildman–Crippen MR) is 80.9 cm³/mol. The SMILES string of the molecule is COc1ccc(-c2ccc3cc(C(F)(F)F)ccc3c2)cc1. The van der Waals surface area contributed by atoms with Gasteiger partial charge in [0.25, 0.3) is 0 Å². The lowest BCUT2D eigenvalue weighted by atomic mass is 10.00. The molecule has 0 aliphatic heterocycles. The lowest BCUT2D eigenvalue weighted by molar-refractivity contribution is -0.137. The summed E-state index contributed by atoms with van der Waals surface area (Å²) in [5.41, 5.74) is 1.31. The van der Waals surface area contributed by atoms with Crippen molar-refractivity contribution in [2.75, 3.05) is 7.11 Å². The lowest BCUT2D eigenvalue weighted by Crippen LogP contribution is -2.04. The normalized spacial score (nSPS) is 11.6. The van der Waals surface area contributed by atoms with Gasteiger partial charge >= 0.3 is 6.18 Å². The van der Waals surface area contributed by atoms with Gasteiger partial charge in [0, 0.05) is 0 Å². The molecule has 0 unspecified atom stereocenters. The van der Waals surface area contributed by atoms with Crippen molar-refractivity contribution in [1.29, 1.82) is 0 Å². The summed E-state index contributed by atoms with van der Waals surface area (Å²) in [5, 5.41) is 1.36. The zero-order valence-electron chi connectivity index (χ0n) is 11.8. The van der Waals surface area contributed by atoms with Gasteiger partial charge < -0.3 is 4.74 Å². The molecular weight excluding hydrogens is 289 g/mol. The van der Waals surface area contributed by atoms with Gasteiger partial charge in [0.05, 0.1) is 12.7 Å². The molecule has 3 aromatic rings. The Hall–Kier alpha value is -2.49. The van der Waals surface area contributed by atoms with Crippen molar-refractivity contribution in [3.8, 4) is 16.9 Å². The van der Waals surface area contributed by atoms with Gasteiger partial charge in [-0.2, -0.15) is 13.2 Å². The van der Waals surface area contributed by atoms with Crippen LogP contribution in [0.5, 0.6) is 5.75 Å². The molecule has 0 saturated carbocycles. The van der Waals surface area contributed by atoms with E-state index in [9.17, 15) is 13.2 Å². The van der Waals surface area contributed by atoms with Gasteiger partial charge in [-0.15, -0.1) is 0 Å². The summed E-state index contributed by atoms with van der Waals surface area (Å²) in [6, 6.07) is 16.8. The first kappa shape index (κ1) is 14.4. The molecular formula is C18H13F3O. The number of fused-ring (bicyclic) bond motifs is 1. The highest BCUT2D eigenvalue weighted by Gasteiger charge is 2.30. The fourth-order valence-corrected chi connectivity index (χ4v) is 2.39. The molecule has 1 nitrogen and oxygen atoms in total. The number of ether oxygens (including phenoxy) is 1. The van der Waals surface area contributed by atoms with Crippen molar-refractivity contribution in [1.82, 2.24) is 0 Å². The first-order valence-corrected chi connectivity index (χ1v) is 6.73. The number of benzene rings is 3. The Labute approximate surface area is 126 Å². The van der Waals surface area contributed by atoms with Crippen LogP contribution >= 0.6 is 0 Å². The van der Waals surface area contributed by atoms with Gasteiger partial charge in [0.2, 0.25) is 0 Å². The van der Waals surface area contributed by atoms with E-state index >= 15 is 0 Å². The zero-order valence-corrected chi connectivity index (χ0v) is 11.8. The van der Waals surface area contributed by atoms with E-state index in [0.29, 0.717) is 5.39 Å². The highest BCUT2D eigenvalue weighted by atomic mass is 19.4. The Morgan fingerprint density at radius 3 is 1.95 bits per heavy atom. The number of hydrogen-bond acceptors (Lipinski definition) is 1. The third-order valence-electron chi connectivity index (χ3n) is 3.59. The molecule has 0 spiro atoms. The standard InChI is InChI=1S/C18H13F3O/c1-22-17-8-5-12(6-9-17)13-2-3-15-11-16(18(19,20)21)7-4-14(15)10-13/h2-11H,1H3. The minimum Gasteiger partial charge on any atom is -0.497 e. The molecule has 0 heterocycles. The van der Waals surface area contributed by atoms with E-state index in [1.54, 1.807) is 13.2 Å². The maximum absolute atomic E-state index is 12.7. The van der Waals surface area contributed by atoms with E-state index in [-0.39, 0.29) is 0 Å². The highest BCUT2D eigenvalue weighted by molar-refractivity contribution is 5.88. The van der Waals surface area contributed by atoms with Crippen LogP contribution in [0.25, 0.3) is 21.9 Å². The monoisotopic (exact) mass is 302 g/mol. The molecule has 0 aliphatic rings. The van der Waals surface area contributed by atoms with Crippen LogP contribution in [-0.2, 0) is 6.18 Å². The molecule has 0 atom stereocenters. The van der Waals surface area contributed by atoms with Crippen molar-refractivity contribution in [3.63, 3.8) is 0 Å². The van der Waals surface area contributed by atoms with E-state index in [1.807, 2.05) is 36.4 Å². The third-order valence-corrected chi connectivity index (χ3v) is 3.59. The molecule has 112 valence electrons. The van der Waals surface area contributed by atoms with Crippen LogP contribution in [0.3, 0.4) is 0 Å². The van der Waals surface area contributed by atoms with Gasteiger partial charge in [0.15, 0.2) is 0 Å². The summed E-state index contributed by atoms with van der Waals surface area (Å²) in [7, 11) is 1.60. The van der Waals surface area contributed by atoms with Crippen molar-refractivity contribution < 1.29 is 17.9 Å². The molecule has 3 aromatic carbocycles. The maximum atomic E-state index is 12.7. The molecule has 0 radical (unpaired) electrons. The molecule has 0 aromatic heterocycles. The van der Waals surface area contributed by atoms with Crippen LogP contribution < -0.4 is 4.74 Å². The molecule has 0 N–H and O–H groups in total. The summed E-state index contributed by atoms with van der Waals surface area (Å²) in [5.74, 6) is 0.763. The van der Waals surface area contributed by atoms with Crippen molar-refractivity contribution in [2.24, 2.45) is 0 Å². The summed E-state index contributed by atoms with van der Waals surface area (Å²) < 4.78 is 43.3. The average Bonchev–Trinajstić information content (AvgIpc) is 2.53. The minimum atomic E-state index is -4.32. The van der Waals surface area contributed by atoms with Crippen LogP contribution in [0, 0.1) is 0 Å². The molecule has 0 saturated heterocycles. The Balaban J connectivity index is 2.02. The predicted octanol–water partition coefficient (Wildman–Crippen LogP) is 5.53. The number of hydrogen-bond donors (Lipinski definition) is 0. The van der Waals surface area contributed by atoms with E-state index in [2.05, 4.69) is 0 Å². The Morgan fingerprint density at radius 2 is 1.32 bits per heavy atom. The smallest absolute Gasteiger partial charge is 0.416 e. The minimum absolute atomic E-state index is 0.576. The number of rotatable bonds is 2. The highest BCUT2D eigenvalue weighted by Crippen LogP contribution is 2.33. The van der Waals surface area contributed by atoms with Crippen molar-refractivity contribution in [3.05, 3.63) is 66.2 Å². The van der Waals surface area contributed by atoms with Gasteiger partial charge in [-0.25, -0.2) is 0 Å². The number of methoxy groups -OCH3 is 1. The summed E-state index contributed by atoms with van der Waals surface area (Å²) >= 11 is 0. The van der Waals surface area contributed by atoms with Gasteiger partial charge in [0.1, 0.15) is 5.75 Å². The largest absolute Gasteiger partial charge is 0.497 e. The van der Waals surface area contributed by atoms with Crippen LogP contribution in [0.15, 0.2) is 60.7 Å². The van der Waals surface area contributed by atoms with Crippen LogP contribution in [0.4, 0.5) is 13.2 Å². The van der Waals surface area contributed by atoms with Crippen LogP contribution in [-0.4, -0.2) is 7.11 Å². The Kier molecular flexibility index (Phi) is 3.53. The molecule has 0 amide bonds. The third kappa shape index (κ3) is 2.77. The zero-order chi connectivity index (χ0) is 15.7. The second kappa shape index (κ2) is 5.37. The molecule has 0 fully saturated rings. The second-order valence-corrected chi connectivity index (χ2v) is 5.00. The van der Waals surface area contributed by atoms with Crippen LogP contribution in [0.2, 0.25) is 0 Å². The molecule has 4 heteroatoms. The number of halogens is 3. The van der Waals surface area contributed by atoms with Gasteiger partial charge in [-0.1, -0.05) is 30.3 Å². The lowest BCUT2D eigenvalue weighted by Gasteiger charge is -2.09. The van der Waals surface area contributed by atoms with Crippen molar-refractivity contribution in [2.45, 2.75) is 6.18 Å². The quantitative estimate of drug-likeness (QED) is 0.604. The topological polar surface area (TPSA) is 9.23 Å². The summed E-state index contributed by atoms with van der Waals surface area (Å²) in [6.07, 6.45) is -4.32. The first-order chi connectivity index (χ1) is 10.5. The van der Waals surface area contributed by atoms with E-state index in [0.717, 1.165) is 28.3 Å². The van der Waals surface area contributed by atoms with Gasteiger partial charge in [-0.05, 0) is 52.2 Å². The maximum Gasteiger partial charge on any atom is 0.416 e. The van der Waals surface area contributed by atoms with E-state index < -0.39 is 11.7 Å². The fraction of sp³-hybridized carbons (Fsp3) is 0.111. The van der Waals surface area contributed by atoms with E-state index in [4.69, 9.17) is 4.74 Å². The average molecular weight is 302 g/mol. The fourth-order valence-electron chi connectivity index (χ4n) is 2.39. The molecule has 22 heavy (non-hydrogen) atoms. The first-order valence-electron chi connectivity index (χ1n) is 6.73. The molecule has 3 rings (SSSR count). The molecule has 0 aliphatic carbocycles. The van der Waals surface area contributed by atoms with Gasteiger partial charge in [-0.3, -0.25) is 0 Å². The van der Waals surface area contributed by atoms with E-state index in [1.165, 1.54) is 12.1 Å². The second-order valence-electron chi connectivity index (χ2n) is 5.00. The summed E-state index contributed by atoms with van der Waals surface area (Å²) in [4.78, 5) is 0. The van der Waals surface area contributed by atoms with Crippen molar-refractivity contribution >= 4 is 10.8 Å². The molecule has 0 bridgehead atoms. The van der Waals surface area contributed by atoms with Crippen LogP contribution in [0.1, 0.15) is 5.56 Å². The Morgan fingerprint density at radius 1 is 0.727 bits per heavy atom.